The van der Waals surface area contributed by atoms with Gasteiger partial charge >= 0.3 is 0 Å². The molecule has 0 aliphatic carbocycles. The lowest BCUT2D eigenvalue weighted by Gasteiger charge is -2.14. The van der Waals surface area contributed by atoms with Crippen molar-refractivity contribution >= 4 is 33.8 Å². The SMILES string of the molecule is C[C@H](NC(=O)Cc1cc(F)cc(F)c1)C(=O)Nc1ccc(-c2cn3c4c(sc3n2)CCNC4)cc1. The molecule has 0 radical (unpaired) electrons. The van der Waals surface area contributed by atoms with Crippen LogP contribution in [-0.4, -0.2) is 33.8 Å². The number of nitrogens with one attached hydrogen (secondary N) is 3. The first-order valence-corrected chi connectivity index (χ1v) is 12.0. The predicted molar refractivity (Wildman–Crippen MR) is 130 cm³/mol. The Bertz CT molecular complexity index is 1390. The summed E-state index contributed by atoms with van der Waals surface area (Å²) in [5.41, 5.74) is 3.82. The van der Waals surface area contributed by atoms with Gasteiger partial charge in [0.15, 0.2) is 4.96 Å². The molecule has 5 rings (SSSR count). The van der Waals surface area contributed by atoms with Crippen LogP contribution in [0.25, 0.3) is 16.2 Å². The van der Waals surface area contributed by atoms with Crippen molar-refractivity contribution in [1.29, 1.82) is 0 Å². The highest BCUT2D eigenvalue weighted by Gasteiger charge is 2.19. The average Bonchev–Trinajstić information content (AvgIpc) is 3.37. The number of aromatic nitrogens is 2. The minimum absolute atomic E-state index is 0.194. The van der Waals surface area contributed by atoms with Gasteiger partial charge in [-0.25, -0.2) is 13.8 Å². The molecule has 180 valence electrons. The lowest BCUT2D eigenvalue weighted by molar-refractivity contribution is -0.125. The molecule has 1 aliphatic heterocycles. The standard InChI is InChI=1S/C25H23F2N5O2S/c1-14(29-23(33)10-15-8-17(26)11-18(27)9-15)24(34)30-19-4-2-16(3-5-19)20-13-32-21-12-28-7-6-22(21)35-25(32)31-20/h2-5,8-9,11,13-14,28H,6-7,10,12H2,1H3,(H,29,33)(H,30,34)/t14-/m0/s1. The molecule has 35 heavy (non-hydrogen) atoms. The average molecular weight is 496 g/mol. The summed E-state index contributed by atoms with van der Waals surface area (Å²) in [6.45, 7) is 3.37. The first-order chi connectivity index (χ1) is 16.9. The molecule has 1 aliphatic rings. The molecule has 2 aromatic carbocycles. The number of carbonyl (C=O) groups excluding carboxylic acids is 2. The molecule has 2 aromatic heterocycles. The van der Waals surface area contributed by atoms with E-state index in [0.29, 0.717) is 5.69 Å². The van der Waals surface area contributed by atoms with E-state index in [9.17, 15) is 18.4 Å². The molecule has 0 bridgehead atoms. The van der Waals surface area contributed by atoms with Gasteiger partial charge in [-0.05, 0) is 43.2 Å². The van der Waals surface area contributed by atoms with E-state index in [1.165, 1.54) is 10.6 Å². The molecule has 0 unspecified atom stereocenters. The van der Waals surface area contributed by atoms with E-state index in [4.69, 9.17) is 4.98 Å². The molecule has 7 nitrogen and oxygen atoms in total. The second kappa shape index (κ2) is 9.55. The summed E-state index contributed by atoms with van der Waals surface area (Å²) in [5.74, 6) is -2.43. The number of thiazole rings is 1. The van der Waals surface area contributed by atoms with Crippen LogP contribution in [0.3, 0.4) is 0 Å². The van der Waals surface area contributed by atoms with E-state index in [0.717, 1.165) is 53.9 Å². The molecular weight excluding hydrogens is 472 g/mol. The normalized spacial score (nSPS) is 13.9. The van der Waals surface area contributed by atoms with Gasteiger partial charge in [-0.2, -0.15) is 0 Å². The van der Waals surface area contributed by atoms with E-state index in [2.05, 4.69) is 20.4 Å². The molecule has 3 heterocycles. The Morgan fingerprint density at radius 2 is 1.91 bits per heavy atom. The number of fused-ring (bicyclic) bond motifs is 3. The maximum absolute atomic E-state index is 13.3. The number of imidazole rings is 1. The van der Waals surface area contributed by atoms with E-state index < -0.39 is 29.5 Å². The summed E-state index contributed by atoms with van der Waals surface area (Å²) >= 11 is 1.72. The first-order valence-electron chi connectivity index (χ1n) is 11.2. The molecule has 0 saturated heterocycles. The molecule has 0 spiro atoms. The summed E-state index contributed by atoms with van der Waals surface area (Å²) in [5, 5.41) is 8.71. The molecule has 0 saturated carbocycles. The highest BCUT2D eigenvalue weighted by molar-refractivity contribution is 7.17. The summed E-state index contributed by atoms with van der Waals surface area (Å²) in [4.78, 5) is 31.8. The predicted octanol–water partition coefficient (Wildman–Crippen LogP) is 3.67. The van der Waals surface area contributed by atoms with E-state index >= 15 is 0 Å². The Morgan fingerprint density at radius 3 is 2.66 bits per heavy atom. The quantitative estimate of drug-likeness (QED) is 0.381. The Morgan fingerprint density at radius 1 is 1.17 bits per heavy atom. The van der Waals surface area contributed by atoms with Gasteiger partial charge in [0.1, 0.15) is 17.7 Å². The lowest BCUT2D eigenvalue weighted by Crippen LogP contribution is -2.42. The van der Waals surface area contributed by atoms with Crippen LogP contribution in [0.2, 0.25) is 0 Å². The van der Waals surface area contributed by atoms with Crippen molar-refractivity contribution in [2.45, 2.75) is 32.4 Å². The molecular formula is C25H23F2N5O2S. The van der Waals surface area contributed by atoms with Crippen molar-refractivity contribution in [3.05, 3.63) is 76.4 Å². The first kappa shape index (κ1) is 23.1. The summed E-state index contributed by atoms with van der Waals surface area (Å²) in [6.07, 6.45) is 2.82. The van der Waals surface area contributed by atoms with Gasteiger partial charge in [0.25, 0.3) is 0 Å². The van der Waals surface area contributed by atoms with Crippen LogP contribution < -0.4 is 16.0 Å². The molecule has 4 aromatic rings. The highest BCUT2D eigenvalue weighted by Crippen LogP contribution is 2.29. The summed E-state index contributed by atoms with van der Waals surface area (Å²) in [6, 6.07) is 9.41. The van der Waals surface area contributed by atoms with Gasteiger partial charge in [0.05, 0.1) is 17.8 Å². The van der Waals surface area contributed by atoms with Crippen molar-refractivity contribution < 1.29 is 18.4 Å². The third-order valence-corrected chi connectivity index (χ3v) is 6.98. The van der Waals surface area contributed by atoms with Crippen LogP contribution in [0.15, 0.2) is 48.7 Å². The van der Waals surface area contributed by atoms with Crippen molar-refractivity contribution in [3.63, 3.8) is 0 Å². The Balaban J connectivity index is 1.19. The topological polar surface area (TPSA) is 87.5 Å². The Labute approximate surface area is 204 Å². The second-order valence-corrected chi connectivity index (χ2v) is 9.55. The third kappa shape index (κ3) is 5.08. The molecule has 0 fully saturated rings. The van der Waals surface area contributed by atoms with Gasteiger partial charge < -0.3 is 16.0 Å². The van der Waals surface area contributed by atoms with Crippen LogP contribution in [0, 0.1) is 11.6 Å². The zero-order chi connectivity index (χ0) is 24.5. The van der Waals surface area contributed by atoms with Crippen molar-refractivity contribution in [2.24, 2.45) is 0 Å². The van der Waals surface area contributed by atoms with E-state index in [1.807, 2.05) is 18.3 Å². The zero-order valence-electron chi connectivity index (χ0n) is 18.9. The minimum atomic E-state index is -0.833. The molecule has 2 amide bonds. The number of nitrogens with zero attached hydrogens (tertiary/aromatic N) is 2. The van der Waals surface area contributed by atoms with Crippen molar-refractivity contribution in [1.82, 2.24) is 20.0 Å². The fraction of sp³-hybridized carbons (Fsp3) is 0.240. The van der Waals surface area contributed by atoms with Gasteiger partial charge in [-0.15, -0.1) is 11.3 Å². The number of halogens is 2. The molecule has 10 heteroatoms. The number of rotatable bonds is 6. The largest absolute Gasteiger partial charge is 0.344 e. The maximum Gasteiger partial charge on any atom is 0.246 e. The fourth-order valence-electron chi connectivity index (χ4n) is 4.09. The monoisotopic (exact) mass is 495 g/mol. The van der Waals surface area contributed by atoms with Crippen LogP contribution in [-0.2, 0) is 29.0 Å². The number of benzene rings is 2. The lowest BCUT2D eigenvalue weighted by atomic mass is 10.1. The summed E-state index contributed by atoms with van der Waals surface area (Å²) in [7, 11) is 0. The second-order valence-electron chi connectivity index (χ2n) is 8.49. The Kier molecular flexibility index (Phi) is 6.31. The zero-order valence-corrected chi connectivity index (χ0v) is 19.7. The van der Waals surface area contributed by atoms with E-state index in [1.54, 1.807) is 30.4 Å². The van der Waals surface area contributed by atoms with E-state index in [-0.39, 0.29) is 12.0 Å². The van der Waals surface area contributed by atoms with Crippen LogP contribution in [0.4, 0.5) is 14.5 Å². The van der Waals surface area contributed by atoms with Crippen molar-refractivity contribution in [3.8, 4) is 11.3 Å². The summed E-state index contributed by atoms with van der Waals surface area (Å²) < 4.78 is 28.8. The molecule has 3 N–H and O–H groups in total. The van der Waals surface area contributed by atoms with Gasteiger partial charge in [0.2, 0.25) is 11.8 Å². The Hall–Kier alpha value is -3.63. The minimum Gasteiger partial charge on any atom is -0.344 e. The smallest absolute Gasteiger partial charge is 0.246 e. The molecule has 1 atom stereocenters. The highest BCUT2D eigenvalue weighted by atomic mass is 32.1. The van der Waals surface area contributed by atoms with Crippen molar-refractivity contribution in [2.75, 3.05) is 11.9 Å². The number of hydrogen-bond donors (Lipinski definition) is 3. The third-order valence-electron chi connectivity index (χ3n) is 5.83. The van der Waals surface area contributed by atoms with Gasteiger partial charge in [-0.3, -0.25) is 14.0 Å². The number of anilines is 1. The fourth-order valence-corrected chi connectivity index (χ4v) is 5.21. The number of carbonyl (C=O) groups is 2. The van der Waals surface area contributed by atoms with Crippen LogP contribution in [0.1, 0.15) is 23.1 Å². The maximum atomic E-state index is 13.3. The van der Waals surface area contributed by atoms with Gasteiger partial charge in [-0.1, -0.05) is 12.1 Å². The van der Waals surface area contributed by atoms with Crippen LogP contribution >= 0.6 is 11.3 Å². The van der Waals surface area contributed by atoms with Crippen LogP contribution in [0.5, 0.6) is 0 Å². The number of amides is 2. The number of hydrogen-bond acceptors (Lipinski definition) is 5. The van der Waals surface area contributed by atoms with Gasteiger partial charge in [0, 0.05) is 41.5 Å².